The number of carbonyl (C=O) groups excluding carboxylic acids is 1. The molecule has 0 bridgehead atoms. The fourth-order valence-corrected chi connectivity index (χ4v) is 5.65. The smallest absolute Gasteiger partial charge is 0.259 e. The quantitative estimate of drug-likeness (QED) is 0.244. The maximum absolute atomic E-state index is 14.3. The van der Waals surface area contributed by atoms with Crippen LogP contribution in [0.3, 0.4) is 0 Å². The number of nitrogens with one attached hydrogen (secondary N) is 3. The van der Waals surface area contributed by atoms with Crippen LogP contribution in [-0.4, -0.2) is 45.9 Å². The molecule has 41 heavy (non-hydrogen) atoms. The molecule has 2 aromatic carbocycles. The summed E-state index contributed by atoms with van der Waals surface area (Å²) in [7, 11) is 0. The lowest BCUT2D eigenvalue weighted by molar-refractivity contribution is -0.130. The van der Waals surface area contributed by atoms with Crippen molar-refractivity contribution in [2.75, 3.05) is 23.7 Å². The zero-order valence-electron chi connectivity index (χ0n) is 22.8. The summed E-state index contributed by atoms with van der Waals surface area (Å²) in [4.78, 5) is 26.5. The molecule has 2 aromatic heterocycles. The highest BCUT2D eigenvalue weighted by atomic mass is 19.3. The molecule has 0 spiro atoms. The van der Waals surface area contributed by atoms with E-state index in [1.807, 2.05) is 43.3 Å². The fraction of sp³-hybridized carbons (Fsp3) is 0.355. The number of ether oxygens (including phenoxy) is 1. The zero-order chi connectivity index (χ0) is 28.4. The van der Waals surface area contributed by atoms with Gasteiger partial charge in [0.05, 0.1) is 11.3 Å². The Kier molecular flexibility index (Phi) is 7.49. The Bertz CT molecular complexity index is 1570. The van der Waals surface area contributed by atoms with Crippen LogP contribution in [0.4, 0.5) is 20.4 Å². The molecule has 1 aliphatic heterocycles. The third kappa shape index (κ3) is 5.69. The van der Waals surface area contributed by atoms with Crippen LogP contribution in [-0.2, 0) is 4.79 Å². The first kappa shape index (κ1) is 27.0. The van der Waals surface area contributed by atoms with E-state index in [2.05, 4.69) is 25.9 Å². The Morgan fingerprint density at radius 1 is 1.02 bits per heavy atom. The Balaban J connectivity index is 1.30. The number of amides is 1. The first-order valence-electron chi connectivity index (χ1n) is 14.0. The van der Waals surface area contributed by atoms with Gasteiger partial charge >= 0.3 is 0 Å². The number of carbonyl (C=O) groups is 1. The maximum Gasteiger partial charge on any atom is 0.259 e. The number of halogens is 2. The van der Waals surface area contributed by atoms with E-state index in [9.17, 15) is 13.6 Å². The highest BCUT2D eigenvalue weighted by molar-refractivity contribution is 6.05. The van der Waals surface area contributed by atoms with Gasteiger partial charge in [-0.3, -0.25) is 4.79 Å². The molecule has 2 atom stereocenters. The molecule has 10 heteroatoms. The second kappa shape index (κ2) is 11.4. The topological polar surface area (TPSA) is 101 Å². The molecule has 4 aromatic rings. The average Bonchev–Trinajstić information content (AvgIpc) is 3.34. The Hall–Kier alpha value is -4.18. The van der Waals surface area contributed by atoms with Gasteiger partial charge in [-0.25, -0.2) is 23.7 Å². The second-order valence-electron chi connectivity index (χ2n) is 10.7. The van der Waals surface area contributed by atoms with E-state index in [0.29, 0.717) is 46.3 Å². The monoisotopic (exact) mass is 558 g/mol. The molecule has 212 valence electrons. The van der Waals surface area contributed by atoms with E-state index in [1.54, 1.807) is 24.5 Å². The van der Waals surface area contributed by atoms with Gasteiger partial charge in [0.2, 0.25) is 17.7 Å². The molecule has 3 heterocycles. The Morgan fingerprint density at radius 2 is 1.93 bits per heavy atom. The number of hydrogen-bond acceptors (Lipinski definition) is 7. The van der Waals surface area contributed by atoms with E-state index in [1.165, 1.54) is 0 Å². The Labute approximate surface area is 237 Å². The molecule has 1 aliphatic carbocycles. The molecule has 1 amide bonds. The number of alkyl halides is 2. The lowest BCUT2D eigenvalue weighted by Crippen LogP contribution is -2.38. The standard InChI is InChI=1S/C31H32F2N6O2/c1-19-11-12-21-22(7-2-10-25(21)38-28(40)24-9-3-14-31(24,32)33)27(19)41-29-23(8-5-16-35-29)26-13-17-36-30(39-26)37-20-6-4-15-34-18-20/h2,5,7-8,10-13,16-17,20,24,34H,3-4,6,9,14-15,18H2,1H3,(H,38,40)(H,36,37,39)/t20-,24?/m0/s1. The Morgan fingerprint density at radius 3 is 2.73 bits per heavy atom. The molecule has 1 saturated heterocycles. The fourth-order valence-electron chi connectivity index (χ4n) is 5.65. The molecule has 3 N–H and O–H groups in total. The molecule has 2 aliphatic rings. The maximum atomic E-state index is 14.3. The highest BCUT2D eigenvalue weighted by Gasteiger charge is 2.48. The van der Waals surface area contributed by atoms with Gasteiger partial charge in [-0.05, 0) is 69.0 Å². The number of pyridine rings is 1. The van der Waals surface area contributed by atoms with Crippen molar-refractivity contribution in [1.29, 1.82) is 0 Å². The summed E-state index contributed by atoms with van der Waals surface area (Å²) in [6, 6.07) is 14.9. The van der Waals surface area contributed by atoms with Gasteiger partial charge in [-0.2, -0.15) is 0 Å². The van der Waals surface area contributed by atoms with Crippen LogP contribution in [0.15, 0.2) is 60.9 Å². The summed E-state index contributed by atoms with van der Waals surface area (Å²) in [5.41, 5.74) is 2.68. The predicted octanol–water partition coefficient (Wildman–Crippen LogP) is 6.33. The molecule has 2 fully saturated rings. The third-order valence-corrected chi connectivity index (χ3v) is 7.83. The van der Waals surface area contributed by atoms with Crippen LogP contribution >= 0.6 is 0 Å². The van der Waals surface area contributed by atoms with E-state index in [-0.39, 0.29) is 18.9 Å². The lowest BCUT2D eigenvalue weighted by atomic mass is 10.0. The van der Waals surface area contributed by atoms with Gasteiger partial charge in [-0.1, -0.05) is 24.3 Å². The third-order valence-electron chi connectivity index (χ3n) is 7.83. The van der Waals surface area contributed by atoms with Gasteiger partial charge in [0.15, 0.2) is 0 Å². The minimum Gasteiger partial charge on any atom is -0.437 e. The number of aromatic nitrogens is 3. The van der Waals surface area contributed by atoms with Gasteiger partial charge in [-0.15, -0.1) is 0 Å². The largest absolute Gasteiger partial charge is 0.437 e. The molecule has 8 nitrogen and oxygen atoms in total. The van der Waals surface area contributed by atoms with Crippen molar-refractivity contribution >= 4 is 28.3 Å². The summed E-state index contributed by atoms with van der Waals surface area (Å²) in [6.07, 6.45) is 5.77. The van der Waals surface area contributed by atoms with E-state index >= 15 is 0 Å². The van der Waals surface area contributed by atoms with Crippen molar-refractivity contribution < 1.29 is 18.3 Å². The van der Waals surface area contributed by atoms with Crippen molar-refractivity contribution in [3.63, 3.8) is 0 Å². The van der Waals surface area contributed by atoms with Crippen LogP contribution in [0.1, 0.15) is 37.7 Å². The highest BCUT2D eigenvalue weighted by Crippen LogP contribution is 2.42. The number of piperidine rings is 1. The molecule has 0 radical (unpaired) electrons. The van der Waals surface area contributed by atoms with E-state index < -0.39 is 17.7 Å². The molecule has 6 rings (SSSR count). The lowest BCUT2D eigenvalue weighted by Gasteiger charge is -2.23. The van der Waals surface area contributed by atoms with Crippen molar-refractivity contribution in [2.24, 2.45) is 5.92 Å². The predicted molar refractivity (Wildman–Crippen MR) is 154 cm³/mol. The van der Waals surface area contributed by atoms with Gasteiger partial charge in [0.1, 0.15) is 11.7 Å². The number of benzene rings is 2. The normalized spacial score (nSPS) is 20.1. The van der Waals surface area contributed by atoms with Gasteiger partial charge < -0.3 is 20.7 Å². The first-order chi connectivity index (χ1) is 19.9. The SMILES string of the molecule is Cc1ccc2c(NC(=O)C3CCCC3(F)F)cccc2c1Oc1ncccc1-c1ccnc(N[C@H]2CCCNC2)n1. The van der Waals surface area contributed by atoms with Crippen LogP contribution in [0, 0.1) is 12.8 Å². The number of fused-ring (bicyclic) bond motifs is 1. The zero-order valence-corrected chi connectivity index (χ0v) is 22.8. The molecular formula is C31H32F2N6O2. The number of anilines is 2. The van der Waals surface area contributed by atoms with E-state index in [0.717, 1.165) is 36.9 Å². The summed E-state index contributed by atoms with van der Waals surface area (Å²) < 4.78 is 35.0. The van der Waals surface area contributed by atoms with Crippen LogP contribution < -0.4 is 20.7 Å². The summed E-state index contributed by atoms with van der Waals surface area (Å²) >= 11 is 0. The minimum atomic E-state index is -2.99. The van der Waals surface area contributed by atoms with Crippen LogP contribution in [0.2, 0.25) is 0 Å². The molecule has 1 saturated carbocycles. The molecule has 1 unspecified atom stereocenters. The number of hydrogen-bond donors (Lipinski definition) is 3. The first-order valence-corrected chi connectivity index (χ1v) is 14.0. The minimum absolute atomic E-state index is 0.178. The van der Waals surface area contributed by atoms with Crippen molar-refractivity contribution in [2.45, 2.75) is 51.0 Å². The number of nitrogens with zero attached hydrogens (tertiary/aromatic N) is 3. The van der Waals surface area contributed by atoms with Gasteiger partial charge in [0.25, 0.3) is 5.92 Å². The van der Waals surface area contributed by atoms with Gasteiger partial charge in [0, 0.05) is 47.9 Å². The van der Waals surface area contributed by atoms with Crippen LogP contribution in [0.5, 0.6) is 11.6 Å². The summed E-state index contributed by atoms with van der Waals surface area (Å²) in [6.45, 7) is 3.81. The second-order valence-corrected chi connectivity index (χ2v) is 10.7. The van der Waals surface area contributed by atoms with Crippen molar-refractivity contribution in [3.8, 4) is 22.9 Å². The van der Waals surface area contributed by atoms with Crippen molar-refractivity contribution in [1.82, 2.24) is 20.3 Å². The number of rotatable bonds is 7. The van der Waals surface area contributed by atoms with Crippen molar-refractivity contribution in [3.05, 3.63) is 66.5 Å². The van der Waals surface area contributed by atoms with E-state index in [4.69, 9.17) is 9.72 Å². The average molecular weight is 559 g/mol. The summed E-state index contributed by atoms with van der Waals surface area (Å²) in [5, 5.41) is 11.0. The summed E-state index contributed by atoms with van der Waals surface area (Å²) in [5.74, 6) is -3.50. The van der Waals surface area contributed by atoms with Crippen LogP contribution in [0.25, 0.3) is 22.0 Å². The molecular weight excluding hydrogens is 526 g/mol. The number of aryl methyl sites for hydroxylation is 1.